The quantitative estimate of drug-likeness (QED) is 0.846. The van der Waals surface area contributed by atoms with Crippen LogP contribution in [0.15, 0.2) is 16.6 Å². The van der Waals surface area contributed by atoms with Crippen molar-refractivity contribution in [3.63, 3.8) is 0 Å². The molecule has 0 N–H and O–H groups in total. The van der Waals surface area contributed by atoms with Crippen molar-refractivity contribution < 1.29 is 9.13 Å². The molecule has 2 nitrogen and oxygen atoms in total. The van der Waals surface area contributed by atoms with Gasteiger partial charge in [0, 0.05) is 36.8 Å². The molecule has 0 aliphatic carbocycles. The molecule has 18 heavy (non-hydrogen) atoms. The third-order valence-corrected chi connectivity index (χ3v) is 4.44. The minimum atomic E-state index is -0.124. The van der Waals surface area contributed by atoms with Crippen molar-refractivity contribution in [2.24, 2.45) is 0 Å². The summed E-state index contributed by atoms with van der Waals surface area (Å²) in [4.78, 5) is 2.29. The van der Waals surface area contributed by atoms with Crippen molar-refractivity contribution in [2.75, 3.05) is 20.2 Å². The average molecular weight is 316 g/mol. The molecule has 0 bridgehead atoms. The number of hydrogen-bond donors (Lipinski definition) is 0. The maximum absolute atomic E-state index is 13.8. The zero-order valence-corrected chi connectivity index (χ0v) is 12.5. The predicted octanol–water partition coefficient (Wildman–Crippen LogP) is 3.51. The third-order valence-electron chi connectivity index (χ3n) is 3.59. The van der Waals surface area contributed by atoms with Gasteiger partial charge in [0.15, 0.2) is 0 Å². The molecule has 100 valence electrons. The Hall–Kier alpha value is -0.450. The zero-order valence-electron chi connectivity index (χ0n) is 10.9. The van der Waals surface area contributed by atoms with E-state index in [1.807, 2.05) is 13.0 Å². The summed E-state index contributed by atoms with van der Waals surface area (Å²) < 4.78 is 20.0. The Balaban J connectivity index is 2.00. The summed E-state index contributed by atoms with van der Waals surface area (Å²) in [6.07, 6.45) is 2.44. The number of halogens is 2. The second-order valence-corrected chi connectivity index (χ2v) is 5.76. The first-order chi connectivity index (χ1) is 8.60. The SMILES string of the molecule is COC1CCN(Cc2cc(C)c(Br)cc2F)CC1. The molecule has 0 saturated carbocycles. The predicted molar refractivity (Wildman–Crippen MR) is 74.1 cm³/mol. The minimum absolute atomic E-state index is 0.124. The van der Waals surface area contributed by atoms with E-state index in [2.05, 4.69) is 20.8 Å². The second-order valence-electron chi connectivity index (χ2n) is 4.90. The molecule has 1 aromatic rings. The van der Waals surface area contributed by atoms with Crippen molar-refractivity contribution in [3.8, 4) is 0 Å². The van der Waals surface area contributed by atoms with Gasteiger partial charge in [0.05, 0.1) is 6.10 Å². The Bertz CT molecular complexity index is 417. The lowest BCUT2D eigenvalue weighted by molar-refractivity contribution is 0.0386. The van der Waals surface area contributed by atoms with E-state index in [1.165, 1.54) is 0 Å². The van der Waals surface area contributed by atoms with Crippen LogP contribution in [0.2, 0.25) is 0 Å². The average Bonchev–Trinajstić information content (AvgIpc) is 2.37. The zero-order chi connectivity index (χ0) is 13.1. The van der Waals surface area contributed by atoms with Crippen LogP contribution in [0.5, 0.6) is 0 Å². The van der Waals surface area contributed by atoms with Crippen LogP contribution >= 0.6 is 15.9 Å². The number of rotatable bonds is 3. The summed E-state index contributed by atoms with van der Waals surface area (Å²) in [5.41, 5.74) is 1.87. The normalized spacial score (nSPS) is 18.2. The fraction of sp³-hybridized carbons (Fsp3) is 0.571. The second kappa shape index (κ2) is 6.13. The molecule has 0 spiro atoms. The molecular weight excluding hydrogens is 297 g/mol. The highest BCUT2D eigenvalue weighted by atomic mass is 79.9. The van der Waals surface area contributed by atoms with Crippen LogP contribution in [0.4, 0.5) is 4.39 Å². The molecule has 4 heteroatoms. The van der Waals surface area contributed by atoms with Crippen molar-refractivity contribution >= 4 is 15.9 Å². The largest absolute Gasteiger partial charge is 0.381 e. The number of methoxy groups -OCH3 is 1. The number of nitrogens with zero attached hydrogens (tertiary/aromatic N) is 1. The first-order valence-electron chi connectivity index (χ1n) is 6.30. The summed E-state index contributed by atoms with van der Waals surface area (Å²) in [5, 5.41) is 0. The van der Waals surface area contributed by atoms with E-state index in [4.69, 9.17) is 4.74 Å². The maximum atomic E-state index is 13.8. The summed E-state index contributed by atoms with van der Waals surface area (Å²) in [6, 6.07) is 3.49. The highest BCUT2D eigenvalue weighted by Gasteiger charge is 2.19. The van der Waals surface area contributed by atoms with E-state index in [9.17, 15) is 4.39 Å². The summed E-state index contributed by atoms with van der Waals surface area (Å²) in [6.45, 7) is 4.64. The van der Waals surface area contributed by atoms with Crippen LogP contribution in [-0.2, 0) is 11.3 Å². The van der Waals surface area contributed by atoms with Gasteiger partial charge in [-0.05, 0) is 31.4 Å². The molecule has 1 aromatic carbocycles. The smallest absolute Gasteiger partial charge is 0.128 e. The van der Waals surface area contributed by atoms with Gasteiger partial charge in [-0.15, -0.1) is 0 Å². The van der Waals surface area contributed by atoms with Gasteiger partial charge >= 0.3 is 0 Å². The molecule has 2 rings (SSSR count). The first-order valence-corrected chi connectivity index (χ1v) is 7.09. The molecule has 0 radical (unpaired) electrons. The Labute approximate surface area is 116 Å². The summed E-state index contributed by atoms with van der Waals surface area (Å²) in [5.74, 6) is -0.124. The molecule has 0 atom stereocenters. The highest BCUT2D eigenvalue weighted by molar-refractivity contribution is 9.10. The van der Waals surface area contributed by atoms with Gasteiger partial charge in [-0.2, -0.15) is 0 Å². The Morgan fingerprint density at radius 2 is 2.06 bits per heavy atom. The molecular formula is C14H19BrFNO. The number of hydrogen-bond acceptors (Lipinski definition) is 2. The van der Waals surface area contributed by atoms with Crippen LogP contribution in [0.3, 0.4) is 0 Å². The lowest BCUT2D eigenvalue weighted by atomic mass is 10.1. The molecule has 1 fully saturated rings. The van der Waals surface area contributed by atoms with E-state index in [1.54, 1.807) is 13.2 Å². The lowest BCUT2D eigenvalue weighted by Crippen LogP contribution is -2.36. The van der Waals surface area contributed by atoms with E-state index < -0.39 is 0 Å². The van der Waals surface area contributed by atoms with E-state index >= 15 is 0 Å². The van der Waals surface area contributed by atoms with Gasteiger partial charge in [-0.25, -0.2) is 4.39 Å². The topological polar surface area (TPSA) is 12.5 Å². The fourth-order valence-corrected chi connectivity index (χ4v) is 2.70. The van der Waals surface area contributed by atoms with Gasteiger partial charge < -0.3 is 4.74 Å². The van der Waals surface area contributed by atoms with Gasteiger partial charge in [0.2, 0.25) is 0 Å². The van der Waals surface area contributed by atoms with Crippen molar-refractivity contribution in [1.82, 2.24) is 4.90 Å². The molecule has 0 aromatic heterocycles. The standard InChI is InChI=1S/C14H19BrFNO/c1-10-7-11(14(16)8-13(10)15)9-17-5-3-12(18-2)4-6-17/h7-8,12H,3-6,9H2,1-2H3. The van der Waals surface area contributed by atoms with Crippen molar-refractivity contribution in [2.45, 2.75) is 32.4 Å². The van der Waals surface area contributed by atoms with Crippen LogP contribution in [0.25, 0.3) is 0 Å². The molecule has 1 saturated heterocycles. The minimum Gasteiger partial charge on any atom is -0.381 e. The molecule has 0 amide bonds. The molecule has 0 unspecified atom stereocenters. The highest BCUT2D eigenvalue weighted by Crippen LogP contribution is 2.23. The van der Waals surface area contributed by atoms with Crippen LogP contribution in [0.1, 0.15) is 24.0 Å². The summed E-state index contributed by atoms with van der Waals surface area (Å²) in [7, 11) is 1.76. The van der Waals surface area contributed by atoms with E-state index in [-0.39, 0.29) is 5.82 Å². The van der Waals surface area contributed by atoms with E-state index in [0.717, 1.165) is 41.5 Å². The number of aryl methyl sites for hydroxylation is 1. The molecule has 1 aliphatic rings. The van der Waals surface area contributed by atoms with Crippen LogP contribution in [0, 0.1) is 12.7 Å². The summed E-state index contributed by atoms with van der Waals surface area (Å²) >= 11 is 3.35. The third kappa shape index (κ3) is 3.31. The monoisotopic (exact) mass is 315 g/mol. The lowest BCUT2D eigenvalue weighted by Gasteiger charge is -2.31. The Morgan fingerprint density at radius 3 is 2.67 bits per heavy atom. The van der Waals surface area contributed by atoms with Gasteiger partial charge in [0.1, 0.15) is 5.82 Å². The van der Waals surface area contributed by atoms with Gasteiger partial charge in [0.25, 0.3) is 0 Å². The van der Waals surface area contributed by atoms with Crippen molar-refractivity contribution in [1.29, 1.82) is 0 Å². The van der Waals surface area contributed by atoms with Crippen molar-refractivity contribution in [3.05, 3.63) is 33.5 Å². The number of ether oxygens (including phenoxy) is 1. The van der Waals surface area contributed by atoms with Crippen LogP contribution in [-0.4, -0.2) is 31.2 Å². The molecule has 1 aliphatic heterocycles. The Morgan fingerprint density at radius 1 is 1.39 bits per heavy atom. The van der Waals surface area contributed by atoms with Gasteiger partial charge in [-0.1, -0.05) is 22.0 Å². The number of benzene rings is 1. The maximum Gasteiger partial charge on any atom is 0.128 e. The fourth-order valence-electron chi connectivity index (χ4n) is 2.38. The number of likely N-dealkylation sites (tertiary alicyclic amines) is 1. The molecule has 1 heterocycles. The van der Waals surface area contributed by atoms with Crippen LogP contribution < -0.4 is 0 Å². The van der Waals surface area contributed by atoms with Gasteiger partial charge in [-0.3, -0.25) is 4.90 Å². The first kappa shape index (κ1) is 14.0. The van der Waals surface area contributed by atoms with E-state index in [0.29, 0.717) is 12.6 Å². The Kier molecular flexibility index (Phi) is 4.76. The number of piperidine rings is 1.